The summed E-state index contributed by atoms with van der Waals surface area (Å²) in [6.45, 7) is 0.632. The van der Waals surface area contributed by atoms with Crippen LogP contribution >= 0.6 is 0 Å². The van der Waals surface area contributed by atoms with Gasteiger partial charge in [-0.05, 0) is 19.3 Å². The summed E-state index contributed by atoms with van der Waals surface area (Å²) in [6.07, 6.45) is 2.32. The number of nitrogens with zero attached hydrogens (tertiary/aromatic N) is 3. The van der Waals surface area contributed by atoms with Crippen molar-refractivity contribution < 1.29 is 14.4 Å². The van der Waals surface area contributed by atoms with Crippen LogP contribution < -0.4 is 5.32 Å². The standard InChI is InChI=1S/C13H24N4O3/c1-15(2)11(18)9-17-8-6-5-7-10(12(17)19)14-13(20)16(3)4/h10H,5-9H2,1-4H3,(H,14,20). The molecule has 0 spiro atoms. The van der Waals surface area contributed by atoms with E-state index in [1.807, 2.05) is 0 Å². The van der Waals surface area contributed by atoms with Crippen LogP contribution in [0.3, 0.4) is 0 Å². The molecule has 114 valence electrons. The highest BCUT2D eigenvalue weighted by atomic mass is 16.2. The molecule has 1 heterocycles. The molecular weight excluding hydrogens is 260 g/mol. The molecule has 1 aliphatic heterocycles. The quantitative estimate of drug-likeness (QED) is 0.775. The molecule has 7 nitrogen and oxygen atoms in total. The van der Waals surface area contributed by atoms with Crippen LogP contribution in [0.1, 0.15) is 19.3 Å². The van der Waals surface area contributed by atoms with Gasteiger partial charge in [0, 0.05) is 34.7 Å². The number of carbonyl (C=O) groups excluding carboxylic acids is 3. The molecule has 0 aromatic rings. The van der Waals surface area contributed by atoms with E-state index in [0.29, 0.717) is 13.0 Å². The number of rotatable bonds is 3. The minimum atomic E-state index is -0.539. The molecule has 0 aromatic heterocycles. The summed E-state index contributed by atoms with van der Waals surface area (Å²) in [4.78, 5) is 40.2. The molecule has 0 radical (unpaired) electrons. The van der Waals surface area contributed by atoms with Gasteiger partial charge in [-0.15, -0.1) is 0 Å². The highest BCUT2D eigenvalue weighted by Crippen LogP contribution is 2.12. The van der Waals surface area contributed by atoms with Gasteiger partial charge in [0.1, 0.15) is 6.04 Å². The number of nitrogens with one attached hydrogen (secondary N) is 1. The molecule has 4 amide bonds. The van der Waals surface area contributed by atoms with Gasteiger partial charge in [0.25, 0.3) is 0 Å². The zero-order chi connectivity index (χ0) is 15.3. The van der Waals surface area contributed by atoms with Gasteiger partial charge in [0.15, 0.2) is 0 Å². The Balaban J connectivity index is 2.70. The summed E-state index contributed by atoms with van der Waals surface area (Å²) < 4.78 is 0. The second kappa shape index (κ2) is 7.12. The summed E-state index contributed by atoms with van der Waals surface area (Å²) in [5.41, 5.74) is 0. The van der Waals surface area contributed by atoms with Crippen LogP contribution in [0.15, 0.2) is 0 Å². The predicted octanol–water partition coefficient (Wildman–Crippen LogP) is -0.273. The number of hydrogen-bond donors (Lipinski definition) is 1. The SMILES string of the molecule is CN(C)C(=O)CN1CCCCC(NC(=O)N(C)C)C1=O. The Morgan fingerprint density at radius 1 is 1.20 bits per heavy atom. The largest absolute Gasteiger partial charge is 0.347 e. The van der Waals surface area contributed by atoms with Crippen molar-refractivity contribution in [2.24, 2.45) is 0 Å². The van der Waals surface area contributed by atoms with Crippen LogP contribution in [-0.2, 0) is 9.59 Å². The fourth-order valence-corrected chi connectivity index (χ4v) is 1.98. The summed E-state index contributed by atoms with van der Waals surface area (Å²) in [5.74, 6) is -0.286. The van der Waals surface area contributed by atoms with Gasteiger partial charge in [-0.25, -0.2) is 4.79 Å². The van der Waals surface area contributed by atoms with Gasteiger partial charge in [0.2, 0.25) is 11.8 Å². The van der Waals surface area contributed by atoms with Crippen LogP contribution in [0.5, 0.6) is 0 Å². The lowest BCUT2D eigenvalue weighted by molar-refractivity contribution is -0.139. The van der Waals surface area contributed by atoms with E-state index in [2.05, 4.69) is 5.32 Å². The maximum atomic E-state index is 12.4. The van der Waals surface area contributed by atoms with Gasteiger partial charge in [-0.2, -0.15) is 0 Å². The summed E-state index contributed by atoms with van der Waals surface area (Å²) in [6, 6.07) is -0.827. The lowest BCUT2D eigenvalue weighted by Gasteiger charge is -2.26. The van der Waals surface area contributed by atoms with Gasteiger partial charge in [0.05, 0.1) is 6.54 Å². The highest BCUT2D eigenvalue weighted by molar-refractivity contribution is 5.90. The summed E-state index contributed by atoms with van der Waals surface area (Å²) in [5, 5.41) is 2.71. The van der Waals surface area contributed by atoms with Crippen molar-refractivity contribution in [3.8, 4) is 0 Å². The molecule has 1 rings (SSSR count). The summed E-state index contributed by atoms with van der Waals surface area (Å²) in [7, 11) is 6.58. The van der Waals surface area contributed by atoms with Gasteiger partial charge in [-0.1, -0.05) is 0 Å². The van der Waals surface area contributed by atoms with Crippen LogP contribution in [0.2, 0.25) is 0 Å². The van der Waals surface area contributed by atoms with Gasteiger partial charge >= 0.3 is 6.03 Å². The molecule has 1 N–H and O–H groups in total. The third-order valence-corrected chi connectivity index (χ3v) is 3.31. The first-order valence-corrected chi connectivity index (χ1v) is 6.79. The normalized spacial score (nSPS) is 19.3. The van der Waals surface area contributed by atoms with Crippen molar-refractivity contribution in [1.29, 1.82) is 0 Å². The summed E-state index contributed by atoms with van der Waals surface area (Å²) >= 11 is 0. The zero-order valence-electron chi connectivity index (χ0n) is 12.7. The molecule has 1 atom stereocenters. The Morgan fingerprint density at radius 2 is 1.85 bits per heavy atom. The maximum Gasteiger partial charge on any atom is 0.317 e. The number of urea groups is 1. The molecule has 1 saturated heterocycles. The minimum absolute atomic E-state index is 0.0696. The molecule has 20 heavy (non-hydrogen) atoms. The minimum Gasteiger partial charge on any atom is -0.347 e. The van der Waals surface area contributed by atoms with Crippen LogP contribution in [0.4, 0.5) is 4.79 Å². The first kappa shape index (κ1) is 16.3. The Labute approximate surface area is 119 Å². The van der Waals surface area contributed by atoms with Crippen molar-refractivity contribution in [3.05, 3.63) is 0 Å². The van der Waals surface area contributed by atoms with E-state index in [9.17, 15) is 14.4 Å². The van der Waals surface area contributed by atoms with E-state index in [0.717, 1.165) is 12.8 Å². The first-order valence-electron chi connectivity index (χ1n) is 6.79. The van der Waals surface area contributed by atoms with Crippen LogP contribution in [0, 0.1) is 0 Å². The molecule has 1 fully saturated rings. The average Bonchev–Trinajstić information content (AvgIpc) is 2.53. The smallest absolute Gasteiger partial charge is 0.317 e. The van der Waals surface area contributed by atoms with Crippen molar-refractivity contribution in [2.75, 3.05) is 41.3 Å². The molecule has 0 bridgehead atoms. The lowest BCUT2D eigenvalue weighted by atomic mass is 10.1. The van der Waals surface area contributed by atoms with E-state index in [1.54, 1.807) is 28.2 Å². The van der Waals surface area contributed by atoms with E-state index >= 15 is 0 Å². The number of likely N-dealkylation sites (N-methyl/N-ethyl adjacent to an activating group) is 1. The molecule has 1 aliphatic rings. The monoisotopic (exact) mass is 284 g/mol. The number of likely N-dealkylation sites (tertiary alicyclic amines) is 1. The van der Waals surface area contributed by atoms with E-state index < -0.39 is 6.04 Å². The second-order valence-electron chi connectivity index (χ2n) is 5.44. The Morgan fingerprint density at radius 3 is 2.40 bits per heavy atom. The number of hydrogen-bond acceptors (Lipinski definition) is 3. The van der Waals surface area contributed by atoms with E-state index in [4.69, 9.17) is 0 Å². The number of amides is 4. The Bertz CT molecular complexity index is 348. The van der Waals surface area contributed by atoms with Crippen LogP contribution in [0.25, 0.3) is 0 Å². The fourth-order valence-electron chi connectivity index (χ4n) is 1.98. The zero-order valence-corrected chi connectivity index (χ0v) is 12.7. The van der Waals surface area contributed by atoms with E-state index in [-0.39, 0.29) is 24.4 Å². The highest BCUT2D eigenvalue weighted by Gasteiger charge is 2.29. The van der Waals surface area contributed by atoms with Gasteiger partial charge in [-0.3, -0.25) is 9.59 Å². The van der Waals surface area contributed by atoms with E-state index in [1.165, 1.54) is 14.7 Å². The first-order chi connectivity index (χ1) is 9.32. The third-order valence-electron chi connectivity index (χ3n) is 3.31. The number of carbonyl (C=O) groups is 3. The molecule has 7 heteroatoms. The molecule has 0 aromatic carbocycles. The third kappa shape index (κ3) is 4.40. The fraction of sp³-hybridized carbons (Fsp3) is 0.769. The van der Waals surface area contributed by atoms with Crippen molar-refractivity contribution in [3.63, 3.8) is 0 Å². The lowest BCUT2D eigenvalue weighted by Crippen LogP contribution is -2.51. The average molecular weight is 284 g/mol. The maximum absolute atomic E-state index is 12.4. The molecule has 1 unspecified atom stereocenters. The molecular formula is C13H24N4O3. The Kier molecular flexibility index (Phi) is 5.79. The molecule has 0 aliphatic carbocycles. The van der Waals surface area contributed by atoms with Crippen molar-refractivity contribution >= 4 is 17.8 Å². The van der Waals surface area contributed by atoms with Crippen LogP contribution in [-0.4, -0.2) is 79.9 Å². The Hall–Kier alpha value is -1.79. The van der Waals surface area contributed by atoms with Gasteiger partial charge < -0.3 is 20.0 Å². The second-order valence-corrected chi connectivity index (χ2v) is 5.44. The molecule has 0 saturated carbocycles. The van der Waals surface area contributed by atoms with Crippen molar-refractivity contribution in [2.45, 2.75) is 25.3 Å². The van der Waals surface area contributed by atoms with Crippen molar-refractivity contribution in [1.82, 2.24) is 20.0 Å². The topological polar surface area (TPSA) is 73.0 Å². The predicted molar refractivity (Wildman–Crippen MR) is 75.1 cm³/mol.